The molecule has 2 atom stereocenters. The predicted octanol–water partition coefficient (Wildman–Crippen LogP) is 3.21. The minimum atomic E-state index is -0.105. The van der Waals surface area contributed by atoms with E-state index in [0.29, 0.717) is 11.3 Å². The third kappa shape index (κ3) is 2.81. The second-order valence-corrected chi connectivity index (χ2v) is 8.04. The van der Waals surface area contributed by atoms with Crippen molar-refractivity contribution < 1.29 is 4.74 Å². The molecule has 0 radical (unpaired) electrons. The van der Waals surface area contributed by atoms with Crippen molar-refractivity contribution in [3.63, 3.8) is 0 Å². The predicted molar refractivity (Wildman–Crippen MR) is 118 cm³/mol. The van der Waals surface area contributed by atoms with E-state index in [0.717, 1.165) is 47.6 Å². The van der Waals surface area contributed by atoms with Gasteiger partial charge in [-0.05, 0) is 37.1 Å². The van der Waals surface area contributed by atoms with Gasteiger partial charge in [-0.3, -0.25) is 9.36 Å². The molecule has 1 N–H and O–H groups in total. The first kappa shape index (κ1) is 18.7. The van der Waals surface area contributed by atoms with Crippen molar-refractivity contribution in [3.05, 3.63) is 77.1 Å². The molecule has 1 aromatic carbocycles. The topological polar surface area (TPSA) is 103 Å². The van der Waals surface area contributed by atoms with Crippen molar-refractivity contribution >= 4 is 16.7 Å². The molecule has 1 fully saturated rings. The highest BCUT2D eigenvalue weighted by Gasteiger charge is 2.36. The second kappa shape index (κ2) is 7.30. The molecular weight excluding hydrogens is 406 g/mol. The largest absolute Gasteiger partial charge is 0.497 e. The van der Waals surface area contributed by atoms with Crippen LogP contribution in [0.4, 0.5) is 0 Å². The number of aromatic amines is 1. The third-order valence-corrected chi connectivity index (χ3v) is 6.35. The molecule has 5 aromatic rings. The number of rotatable bonds is 4. The number of aromatic nitrogens is 7. The van der Waals surface area contributed by atoms with Gasteiger partial charge in [-0.2, -0.15) is 5.10 Å². The van der Waals surface area contributed by atoms with Crippen LogP contribution in [0.2, 0.25) is 0 Å². The van der Waals surface area contributed by atoms with E-state index in [1.165, 1.54) is 0 Å². The lowest BCUT2D eigenvalue weighted by Crippen LogP contribution is -2.28. The molecule has 0 bridgehead atoms. The van der Waals surface area contributed by atoms with E-state index in [1.807, 2.05) is 36.5 Å². The normalized spacial score (nSPS) is 18.5. The van der Waals surface area contributed by atoms with E-state index >= 15 is 0 Å². The van der Waals surface area contributed by atoms with Crippen LogP contribution in [0.15, 0.2) is 60.0 Å². The Labute approximate surface area is 182 Å². The van der Waals surface area contributed by atoms with E-state index in [2.05, 4.69) is 19.9 Å². The number of hydrogen-bond donors (Lipinski definition) is 1. The average molecular weight is 427 g/mol. The number of imidazole rings is 1. The zero-order chi connectivity index (χ0) is 21.7. The summed E-state index contributed by atoms with van der Waals surface area (Å²) in [7, 11) is 1.62. The summed E-state index contributed by atoms with van der Waals surface area (Å²) in [6.07, 6.45) is 7.90. The minimum absolute atomic E-state index is 0.00972. The van der Waals surface area contributed by atoms with Crippen LogP contribution in [0, 0.1) is 0 Å². The zero-order valence-corrected chi connectivity index (χ0v) is 17.5. The first-order valence-corrected chi connectivity index (χ1v) is 10.6. The maximum absolute atomic E-state index is 13.6. The van der Waals surface area contributed by atoms with E-state index in [9.17, 15) is 4.79 Å². The highest BCUT2D eigenvalue weighted by Crippen LogP contribution is 2.46. The average Bonchev–Trinajstić information content (AvgIpc) is 3.58. The Morgan fingerprint density at radius 3 is 2.91 bits per heavy atom. The lowest BCUT2D eigenvalue weighted by Gasteiger charge is -2.22. The van der Waals surface area contributed by atoms with Gasteiger partial charge in [0.15, 0.2) is 5.65 Å². The molecule has 9 nitrogen and oxygen atoms in total. The van der Waals surface area contributed by atoms with Crippen molar-refractivity contribution in [2.75, 3.05) is 7.11 Å². The maximum Gasteiger partial charge on any atom is 0.282 e. The van der Waals surface area contributed by atoms with Crippen LogP contribution < -0.4 is 10.3 Å². The van der Waals surface area contributed by atoms with Gasteiger partial charge in [0.05, 0.1) is 24.8 Å². The van der Waals surface area contributed by atoms with Crippen LogP contribution in [0.5, 0.6) is 5.75 Å². The molecule has 0 saturated heterocycles. The van der Waals surface area contributed by atoms with Crippen molar-refractivity contribution in [2.24, 2.45) is 0 Å². The first-order chi connectivity index (χ1) is 15.7. The zero-order valence-electron chi connectivity index (χ0n) is 17.5. The fourth-order valence-electron chi connectivity index (χ4n) is 4.89. The molecule has 4 aromatic heterocycles. The summed E-state index contributed by atoms with van der Waals surface area (Å²) in [6, 6.07) is 11.2. The maximum atomic E-state index is 13.6. The van der Waals surface area contributed by atoms with E-state index in [4.69, 9.17) is 9.84 Å². The van der Waals surface area contributed by atoms with Crippen LogP contribution >= 0.6 is 0 Å². The molecule has 1 aliphatic rings. The number of nitrogens with zero attached hydrogens (tertiary/aromatic N) is 6. The van der Waals surface area contributed by atoms with Gasteiger partial charge in [-0.15, -0.1) is 0 Å². The van der Waals surface area contributed by atoms with Crippen molar-refractivity contribution in [2.45, 2.75) is 31.1 Å². The minimum Gasteiger partial charge on any atom is -0.497 e. The molecular formula is C23H21N7O2. The number of nitrogens with one attached hydrogen (secondary N) is 1. The molecule has 0 amide bonds. The lowest BCUT2D eigenvalue weighted by molar-refractivity contribution is 0.414. The number of fused-ring (bicyclic) bond motifs is 2. The van der Waals surface area contributed by atoms with Gasteiger partial charge in [0.1, 0.15) is 28.9 Å². The van der Waals surface area contributed by atoms with Gasteiger partial charge in [0.2, 0.25) is 0 Å². The van der Waals surface area contributed by atoms with Crippen LogP contribution in [0.3, 0.4) is 0 Å². The molecule has 160 valence electrons. The molecule has 1 unspecified atom stereocenters. The van der Waals surface area contributed by atoms with Crippen molar-refractivity contribution in [1.29, 1.82) is 0 Å². The van der Waals surface area contributed by atoms with Crippen molar-refractivity contribution in [1.82, 2.24) is 34.1 Å². The molecule has 6 rings (SSSR count). The van der Waals surface area contributed by atoms with Crippen LogP contribution in [-0.4, -0.2) is 41.2 Å². The fraction of sp³-hybridized carbons (Fsp3) is 0.261. The van der Waals surface area contributed by atoms with Gasteiger partial charge < -0.3 is 9.72 Å². The Hall–Kier alpha value is -4.01. The Balaban J connectivity index is 1.58. The number of methoxy groups -OCH3 is 1. The van der Waals surface area contributed by atoms with E-state index < -0.39 is 0 Å². The van der Waals surface area contributed by atoms with E-state index in [1.54, 1.807) is 34.9 Å². The summed E-state index contributed by atoms with van der Waals surface area (Å²) in [6.45, 7) is 0. The van der Waals surface area contributed by atoms with Gasteiger partial charge >= 0.3 is 0 Å². The number of hydrogen-bond acceptors (Lipinski definition) is 6. The summed E-state index contributed by atoms with van der Waals surface area (Å²) in [5.41, 5.74) is 3.56. The second-order valence-electron chi connectivity index (χ2n) is 8.04. The summed E-state index contributed by atoms with van der Waals surface area (Å²) >= 11 is 0. The molecule has 1 saturated carbocycles. The Morgan fingerprint density at radius 2 is 2.00 bits per heavy atom. The third-order valence-electron chi connectivity index (χ3n) is 6.35. The molecule has 32 heavy (non-hydrogen) atoms. The van der Waals surface area contributed by atoms with Crippen LogP contribution in [0.25, 0.3) is 22.4 Å². The van der Waals surface area contributed by atoms with Crippen LogP contribution in [-0.2, 0) is 0 Å². The molecule has 0 aliphatic heterocycles. The smallest absolute Gasteiger partial charge is 0.282 e. The van der Waals surface area contributed by atoms with Gasteiger partial charge in [0, 0.05) is 24.1 Å². The number of benzene rings is 1. The molecule has 1 aliphatic carbocycles. The quantitative estimate of drug-likeness (QED) is 0.472. The lowest BCUT2D eigenvalue weighted by atomic mass is 9.91. The van der Waals surface area contributed by atoms with Crippen LogP contribution in [0.1, 0.15) is 42.6 Å². The first-order valence-electron chi connectivity index (χ1n) is 10.6. The number of ether oxygens (including phenoxy) is 1. The standard InChI is InChI=1S/C23H21N7O2/c1-32-15-6-2-5-14(11-15)30-22(28-29-10-4-9-18(29)23(30)31)17-8-3-7-16(17)19-20-21(26-12-24-19)27-13-25-20/h2,4-6,9-13,16-17H,3,7-8H2,1H3,(H,24,25,26,27)/t16?,17-/m1/s1. The Bertz CT molecular complexity index is 1500. The molecule has 4 heterocycles. The summed E-state index contributed by atoms with van der Waals surface area (Å²) in [5, 5.41) is 4.92. The molecule has 0 spiro atoms. The summed E-state index contributed by atoms with van der Waals surface area (Å²) in [4.78, 5) is 30.0. The van der Waals surface area contributed by atoms with Gasteiger partial charge in [-0.25, -0.2) is 19.5 Å². The highest BCUT2D eigenvalue weighted by atomic mass is 16.5. The van der Waals surface area contributed by atoms with Gasteiger partial charge in [-0.1, -0.05) is 12.5 Å². The van der Waals surface area contributed by atoms with E-state index in [-0.39, 0.29) is 17.4 Å². The highest BCUT2D eigenvalue weighted by molar-refractivity contribution is 5.73. The Kier molecular flexibility index (Phi) is 4.27. The Morgan fingerprint density at radius 1 is 1.09 bits per heavy atom. The summed E-state index contributed by atoms with van der Waals surface area (Å²) in [5.74, 6) is 1.50. The SMILES string of the molecule is COc1cccc(-n2c([C@@H]3CCCC3c3ncnc4[nH]cnc34)nn3cccc3c2=O)c1. The fourth-order valence-corrected chi connectivity index (χ4v) is 4.89. The van der Waals surface area contributed by atoms with Crippen molar-refractivity contribution in [3.8, 4) is 11.4 Å². The molecule has 9 heteroatoms. The number of H-pyrrole nitrogens is 1. The van der Waals surface area contributed by atoms with Gasteiger partial charge in [0.25, 0.3) is 5.56 Å². The monoisotopic (exact) mass is 427 g/mol. The summed E-state index contributed by atoms with van der Waals surface area (Å²) < 4.78 is 8.81.